The van der Waals surface area contributed by atoms with Gasteiger partial charge >= 0.3 is 0 Å². The Morgan fingerprint density at radius 2 is 1.93 bits per heavy atom. The van der Waals surface area contributed by atoms with Crippen molar-refractivity contribution in [2.75, 3.05) is 13.7 Å². The predicted octanol–water partition coefficient (Wildman–Crippen LogP) is 2.07. The summed E-state index contributed by atoms with van der Waals surface area (Å²) >= 11 is 0. The summed E-state index contributed by atoms with van der Waals surface area (Å²) < 4.78 is 5.47. The molecule has 14 heavy (non-hydrogen) atoms. The molecule has 0 aliphatic heterocycles. The highest BCUT2D eigenvalue weighted by atomic mass is 16.5. The van der Waals surface area contributed by atoms with Crippen LogP contribution < -0.4 is 5.73 Å². The third kappa shape index (κ3) is 2.34. The first kappa shape index (κ1) is 11.2. The summed E-state index contributed by atoms with van der Waals surface area (Å²) in [5, 5.41) is 0. The van der Waals surface area contributed by atoms with Crippen LogP contribution in [0, 0.1) is 0 Å². The average molecular weight is 193 g/mol. The number of hydrogen-bond donors (Lipinski definition) is 1. The summed E-state index contributed by atoms with van der Waals surface area (Å²) in [6, 6.07) is 8.30. The van der Waals surface area contributed by atoms with Crippen LogP contribution >= 0.6 is 0 Å². The molecule has 0 saturated heterocycles. The lowest BCUT2D eigenvalue weighted by Gasteiger charge is -2.26. The van der Waals surface area contributed by atoms with E-state index in [2.05, 4.69) is 26.0 Å². The van der Waals surface area contributed by atoms with Crippen molar-refractivity contribution in [3.63, 3.8) is 0 Å². The first-order chi connectivity index (χ1) is 6.61. The van der Waals surface area contributed by atoms with E-state index in [0.29, 0.717) is 6.54 Å². The second kappa shape index (κ2) is 4.58. The molecule has 1 aromatic carbocycles. The van der Waals surface area contributed by atoms with E-state index in [4.69, 9.17) is 10.5 Å². The van der Waals surface area contributed by atoms with Gasteiger partial charge < -0.3 is 10.5 Å². The molecule has 0 saturated carbocycles. The van der Waals surface area contributed by atoms with Gasteiger partial charge in [0.1, 0.15) is 0 Å². The number of rotatable bonds is 4. The molecule has 0 bridgehead atoms. The summed E-state index contributed by atoms with van der Waals surface area (Å²) in [4.78, 5) is 0. The topological polar surface area (TPSA) is 35.2 Å². The van der Waals surface area contributed by atoms with Gasteiger partial charge in [0.15, 0.2) is 0 Å². The Labute approximate surface area is 86.1 Å². The molecule has 2 N–H and O–H groups in total. The van der Waals surface area contributed by atoms with E-state index in [0.717, 1.165) is 6.42 Å². The van der Waals surface area contributed by atoms with Crippen LogP contribution in [0.1, 0.15) is 25.0 Å². The summed E-state index contributed by atoms with van der Waals surface area (Å²) in [7, 11) is 1.74. The van der Waals surface area contributed by atoms with Crippen LogP contribution in [0.15, 0.2) is 24.3 Å². The fourth-order valence-electron chi connectivity index (χ4n) is 1.59. The third-order valence-electron chi connectivity index (χ3n) is 2.59. The maximum absolute atomic E-state index is 5.57. The van der Waals surface area contributed by atoms with Crippen LogP contribution in [0.5, 0.6) is 0 Å². The Morgan fingerprint density at radius 3 is 2.50 bits per heavy atom. The second-order valence-corrected chi connectivity index (χ2v) is 3.91. The van der Waals surface area contributed by atoms with Crippen LogP contribution in [0.4, 0.5) is 0 Å². The number of ether oxygens (including phenoxy) is 1. The number of nitrogens with two attached hydrogens (primary N) is 1. The van der Waals surface area contributed by atoms with Crippen LogP contribution in [0.3, 0.4) is 0 Å². The van der Waals surface area contributed by atoms with E-state index in [1.165, 1.54) is 11.1 Å². The van der Waals surface area contributed by atoms with Crippen molar-refractivity contribution < 1.29 is 4.74 Å². The van der Waals surface area contributed by atoms with E-state index in [-0.39, 0.29) is 5.60 Å². The van der Waals surface area contributed by atoms with Gasteiger partial charge in [0.25, 0.3) is 0 Å². The lowest BCUT2D eigenvalue weighted by molar-refractivity contribution is 0.0185. The molecule has 0 atom stereocenters. The van der Waals surface area contributed by atoms with Crippen molar-refractivity contribution in [2.24, 2.45) is 5.73 Å². The summed E-state index contributed by atoms with van der Waals surface area (Å²) in [5.41, 5.74) is 7.85. The molecule has 0 heterocycles. The molecular weight excluding hydrogens is 174 g/mol. The maximum Gasteiger partial charge on any atom is 0.0874 e. The molecule has 0 radical (unpaired) electrons. The minimum atomic E-state index is -0.230. The summed E-state index contributed by atoms with van der Waals surface area (Å²) in [6.07, 6.45) is 0.906. The Hall–Kier alpha value is -0.860. The average Bonchev–Trinajstić information content (AvgIpc) is 2.19. The van der Waals surface area contributed by atoms with Gasteiger partial charge in [0.2, 0.25) is 0 Å². The van der Waals surface area contributed by atoms with Crippen molar-refractivity contribution in [3.05, 3.63) is 35.4 Å². The zero-order valence-electron chi connectivity index (χ0n) is 9.21. The standard InChI is InChI=1S/C12H19NO/c1-12(2,14-3)11-7-5-4-6-10(11)8-9-13/h4-7H,8-9,13H2,1-3H3. The SMILES string of the molecule is COC(C)(C)c1ccccc1CCN. The van der Waals surface area contributed by atoms with E-state index in [1.807, 2.05) is 12.1 Å². The number of hydrogen-bond acceptors (Lipinski definition) is 2. The molecule has 78 valence electrons. The molecule has 0 fully saturated rings. The predicted molar refractivity (Wildman–Crippen MR) is 59.2 cm³/mol. The molecule has 0 spiro atoms. The smallest absolute Gasteiger partial charge is 0.0874 e. The fraction of sp³-hybridized carbons (Fsp3) is 0.500. The molecule has 2 nitrogen and oxygen atoms in total. The normalized spacial score (nSPS) is 11.7. The fourth-order valence-corrected chi connectivity index (χ4v) is 1.59. The van der Waals surface area contributed by atoms with Crippen LogP contribution in [0.2, 0.25) is 0 Å². The van der Waals surface area contributed by atoms with Crippen LogP contribution in [0.25, 0.3) is 0 Å². The van der Waals surface area contributed by atoms with Crippen molar-refractivity contribution in [2.45, 2.75) is 25.9 Å². The largest absolute Gasteiger partial charge is 0.374 e. The van der Waals surface area contributed by atoms with Crippen molar-refractivity contribution in [1.82, 2.24) is 0 Å². The van der Waals surface area contributed by atoms with E-state index in [1.54, 1.807) is 7.11 Å². The maximum atomic E-state index is 5.57. The Kier molecular flexibility index (Phi) is 3.67. The highest BCUT2D eigenvalue weighted by molar-refractivity contribution is 5.31. The van der Waals surface area contributed by atoms with Gasteiger partial charge in [0.05, 0.1) is 5.60 Å². The zero-order valence-corrected chi connectivity index (χ0v) is 9.21. The van der Waals surface area contributed by atoms with E-state index >= 15 is 0 Å². The van der Waals surface area contributed by atoms with Gasteiger partial charge in [-0.1, -0.05) is 24.3 Å². The highest BCUT2D eigenvalue weighted by Gasteiger charge is 2.21. The Balaban J connectivity index is 3.06. The molecule has 0 aliphatic rings. The quantitative estimate of drug-likeness (QED) is 0.794. The van der Waals surface area contributed by atoms with Gasteiger partial charge in [-0.05, 0) is 37.9 Å². The number of methoxy groups -OCH3 is 1. The van der Waals surface area contributed by atoms with Gasteiger partial charge in [-0.15, -0.1) is 0 Å². The van der Waals surface area contributed by atoms with Crippen LogP contribution in [-0.2, 0) is 16.8 Å². The van der Waals surface area contributed by atoms with Crippen LogP contribution in [-0.4, -0.2) is 13.7 Å². The summed E-state index contributed by atoms with van der Waals surface area (Å²) in [5.74, 6) is 0. The van der Waals surface area contributed by atoms with Gasteiger partial charge in [-0.25, -0.2) is 0 Å². The minimum Gasteiger partial charge on any atom is -0.374 e. The zero-order chi connectivity index (χ0) is 10.6. The van der Waals surface area contributed by atoms with Crippen molar-refractivity contribution >= 4 is 0 Å². The van der Waals surface area contributed by atoms with Gasteiger partial charge in [-0.2, -0.15) is 0 Å². The molecule has 0 aliphatic carbocycles. The molecular formula is C12H19NO. The minimum absolute atomic E-state index is 0.230. The monoisotopic (exact) mass is 193 g/mol. The summed E-state index contributed by atoms with van der Waals surface area (Å²) in [6.45, 7) is 4.82. The lowest BCUT2D eigenvalue weighted by atomic mass is 9.91. The number of benzene rings is 1. The van der Waals surface area contributed by atoms with Gasteiger partial charge in [0, 0.05) is 7.11 Å². The molecule has 2 heteroatoms. The molecule has 1 rings (SSSR count). The first-order valence-electron chi connectivity index (χ1n) is 4.95. The molecule has 0 unspecified atom stereocenters. The second-order valence-electron chi connectivity index (χ2n) is 3.91. The Bertz CT molecular complexity index is 294. The lowest BCUT2D eigenvalue weighted by Crippen LogP contribution is -2.22. The highest BCUT2D eigenvalue weighted by Crippen LogP contribution is 2.26. The molecule has 0 aromatic heterocycles. The van der Waals surface area contributed by atoms with E-state index in [9.17, 15) is 0 Å². The first-order valence-corrected chi connectivity index (χ1v) is 4.95. The van der Waals surface area contributed by atoms with Crippen molar-refractivity contribution in [3.8, 4) is 0 Å². The van der Waals surface area contributed by atoms with Gasteiger partial charge in [-0.3, -0.25) is 0 Å². The molecule has 1 aromatic rings. The Morgan fingerprint density at radius 1 is 1.29 bits per heavy atom. The molecule has 0 amide bonds. The van der Waals surface area contributed by atoms with E-state index < -0.39 is 0 Å². The third-order valence-corrected chi connectivity index (χ3v) is 2.59. The van der Waals surface area contributed by atoms with Crippen molar-refractivity contribution in [1.29, 1.82) is 0 Å².